The number of rotatable bonds is 7. The second-order valence-electron chi connectivity index (χ2n) is 5.12. The number of hydrogen-bond donors (Lipinski definition) is 1. The average molecular weight is 299 g/mol. The molecule has 1 saturated heterocycles. The molecule has 1 fully saturated rings. The topological polar surface area (TPSA) is 48.8 Å². The molecule has 5 nitrogen and oxygen atoms in total. The van der Waals surface area contributed by atoms with E-state index in [1.54, 1.807) is 11.3 Å². The van der Waals surface area contributed by atoms with Crippen LogP contribution in [-0.2, 0) is 11.3 Å². The highest BCUT2D eigenvalue weighted by Crippen LogP contribution is 2.22. The summed E-state index contributed by atoms with van der Waals surface area (Å²) in [6.07, 6.45) is 0.0974. The number of thiazole rings is 1. The molecule has 2 heterocycles. The van der Waals surface area contributed by atoms with Crippen LogP contribution >= 0.6 is 11.3 Å². The lowest BCUT2D eigenvalue weighted by atomic mass is 10.3. The van der Waals surface area contributed by atoms with E-state index in [2.05, 4.69) is 27.1 Å². The molecule has 0 aromatic carbocycles. The third-order valence-electron chi connectivity index (χ3n) is 3.60. The summed E-state index contributed by atoms with van der Waals surface area (Å²) in [5.41, 5.74) is 1.15. The number of hydrogen-bond acceptors (Lipinski definition) is 6. The molecule has 114 valence electrons. The Kier molecular flexibility index (Phi) is 6.38. The Labute approximate surface area is 125 Å². The number of aliphatic hydroxyl groups is 1. The third-order valence-corrected chi connectivity index (χ3v) is 4.66. The first-order valence-corrected chi connectivity index (χ1v) is 8.22. The first-order chi connectivity index (χ1) is 9.72. The fourth-order valence-corrected chi connectivity index (χ4v) is 3.26. The molecular formula is C14H25N3O2S. The molecule has 6 heteroatoms. The minimum atomic E-state index is 0.0974. The molecule has 1 aliphatic heterocycles. The van der Waals surface area contributed by atoms with E-state index in [-0.39, 0.29) is 12.7 Å². The van der Waals surface area contributed by atoms with Gasteiger partial charge in [0.2, 0.25) is 0 Å². The summed E-state index contributed by atoms with van der Waals surface area (Å²) in [5.74, 6) is 0. The van der Waals surface area contributed by atoms with Crippen molar-refractivity contribution in [2.24, 2.45) is 0 Å². The van der Waals surface area contributed by atoms with Gasteiger partial charge in [-0.15, -0.1) is 11.3 Å². The molecule has 1 aliphatic rings. The van der Waals surface area contributed by atoms with E-state index in [0.717, 1.165) is 56.6 Å². The van der Waals surface area contributed by atoms with Crippen LogP contribution in [0.1, 0.15) is 30.7 Å². The van der Waals surface area contributed by atoms with Crippen molar-refractivity contribution >= 4 is 11.3 Å². The van der Waals surface area contributed by atoms with E-state index >= 15 is 0 Å². The Balaban J connectivity index is 1.79. The molecule has 20 heavy (non-hydrogen) atoms. The lowest BCUT2D eigenvalue weighted by Gasteiger charge is -2.33. The zero-order valence-corrected chi connectivity index (χ0v) is 13.2. The summed E-state index contributed by atoms with van der Waals surface area (Å²) >= 11 is 1.69. The lowest BCUT2D eigenvalue weighted by Crippen LogP contribution is -2.46. The minimum absolute atomic E-state index is 0.0974. The van der Waals surface area contributed by atoms with Crippen molar-refractivity contribution in [3.8, 4) is 0 Å². The predicted molar refractivity (Wildman–Crippen MR) is 81.0 cm³/mol. The maximum Gasteiger partial charge on any atom is 0.122 e. The van der Waals surface area contributed by atoms with Gasteiger partial charge in [-0.3, -0.25) is 9.80 Å². The smallest absolute Gasteiger partial charge is 0.122 e. The van der Waals surface area contributed by atoms with Gasteiger partial charge in [0.1, 0.15) is 11.1 Å². The molecule has 1 unspecified atom stereocenters. The van der Waals surface area contributed by atoms with Gasteiger partial charge in [-0.05, 0) is 13.8 Å². The van der Waals surface area contributed by atoms with Gasteiger partial charge in [0, 0.05) is 51.3 Å². The highest BCUT2D eigenvalue weighted by molar-refractivity contribution is 7.09. The van der Waals surface area contributed by atoms with Gasteiger partial charge in [-0.25, -0.2) is 4.98 Å². The number of aromatic nitrogens is 1. The Hall–Kier alpha value is -0.530. The normalized spacial score (nSPS) is 19.4. The number of nitrogens with zero attached hydrogens (tertiary/aromatic N) is 3. The number of aliphatic hydroxyl groups excluding tert-OH is 1. The van der Waals surface area contributed by atoms with Crippen molar-refractivity contribution in [3.63, 3.8) is 0 Å². The summed E-state index contributed by atoms with van der Waals surface area (Å²) < 4.78 is 5.58. The van der Waals surface area contributed by atoms with Gasteiger partial charge in [0.25, 0.3) is 0 Å². The van der Waals surface area contributed by atoms with Crippen LogP contribution in [0.2, 0.25) is 0 Å². The standard InChI is InChI=1S/C14H25N3O2S/c1-3-19-12(2)14-15-13(11-20-14)10-17-6-4-16(5-7-17)8-9-18/h11-12,18H,3-10H2,1-2H3. The van der Waals surface area contributed by atoms with Crippen molar-refractivity contribution < 1.29 is 9.84 Å². The number of ether oxygens (including phenoxy) is 1. The van der Waals surface area contributed by atoms with Gasteiger partial charge in [0.05, 0.1) is 12.3 Å². The molecule has 0 amide bonds. The van der Waals surface area contributed by atoms with E-state index in [4.69, 9.17) is 9.84 Å². The highest BCUT2D eigenvalue weighted by atomic mass is 32.1. The van der Waals surface area contributed by atoms with Crippen LogP contribution in [0.3, 0.4) is 0 Å². The molecule has 0 spiro atoms. The van der Waals surface area contributed by atoms with Crippen molar-refractivity contribution in [3.05, 3.63) is 16.1 Å². The molecule has 1 aromatic heterocycles. The monoisotopic (exact) mass is 299 g/mol. The zero-order valence-electron chi connectivity index (χ0n) is 12.4. The van der Waals surface area contributed by atoms with Gasteiger partial charge in [-0.1, -0.05) is 0 Å². The summed E-state index contributed by atoms with van der Waals surface area (Å²) in [5, 5.41) is 12.2. The molecule has 2 rings (SSSR count). The number of β-amino-alcohol motifs (C(OH)–C–C–N with tert-alkyl or cyclic N) is 1. The van der Waals surface area contributed by atoms with Gasteiger partial charge < -0.3 is 9.84 Å². The van der Waals surface area contributed by atoms with Crippen LogP contribution in [0, 0.1) is 0 Å². The minimum Gasteiger partial charge on any atom is -0.395 e. The summed E-state index contributed by atoms with van der Waals surface area (Å²) in [6, 6.07) is 0. The van der Waals surface area contributed by atoms with Gasteiger partial charge >= 0.3 is 0 Å². The molecule has 1 atom stereocenters. The molecule has 0 aliphatic carbocycles. The van der Waals surface area contributed by atoms with Crippen LogP contribution in [0.15, 0.2) is 5.38 Å². The molecule has 0 radical (unpaired) electrons. The van der Waals surface area contributed by atoms with Crippen LogP contribution in [-0.4, -0.2) is 65.8 Å². The predicted octanol–water partition coefficient (Wildman–Crippen LogP) is 1.35. The van der Waals surface area contributed by atoms with E-state index in [0.29, 0.717) is 0 Å². The van der Waals surface area contributed by atoms with E-state index in [9.17, 15) is 0 Å². The molecule has 0 saturated carbocycles. The molecule has 1 aromatic rings. The second-order valence-corrected chi connectivity index (χ2v) is 6.01. The fraction of sp³-hybridized carbons (Fsp3) is 0.786. The van der Waals surface area contributed by atoms with Crippen LogP contribution in [0.4, 0.5) is 0 Å². The Morgan fingerprint density at radius 2 is 2.05 bits per heavy atom. The molecule has 1 N–H and O–H groups in total. The van der Waals surface area contributed by atoms with Gasteiger partial charge in [0.15, 0.2) is 0 Å². The van der Waals surface area contributed by atoms with Crippen molar-refractivity contribution in [1.82, 2.24) is 14.8 Å². The van der Waals surface area contributed by atoms with Crippen LogP contribution < -0.4 is 0 Å². The van der Waals surface area contributed by atoms with Gasteiger partial charge in [-0.2, -0.15) is 0 Å². The van der Waals surface area contributed by atoms with E-state index in [1.807, 2.05) is 6.92 Å². The first-order valence-electron chi connectivity index (χ1n) is 7.34. The summed E-state index contributed by atoms with van der Waals surface area (Å²) in [6.45, 7) is 10.9. The highest BCUT2D eigenvalue weighted by Gasteiger charge is 2.18. The van der Waals surface area contributed by atoms with Crippen molar-refractivity contribution in [2.75, 3.05) is 45.9 Å². The summed E-state index contributed by atoms with van der Waals surface area (Å²) in [7, 11) is 0. The second kappa shape index (κ2) is 8.05. The fourth-order valence-electron chi connectivity index (χ4n) is 2.44. The molecule has 0 bridgehead atoms. The Morgan fingerprint density at radius 1 is 1.35 bits per heavy atom. The van der Waals surface area contributed by atoms with E-state index in [1.165, 1.54) is 0 Å². The number of piperazine rings is 1. The van der Waals surface area contributed by atoms with Crippen LogP contribution in [0.25, 0.3) is 0 Å². The first kappa shape index (κ1) is 15.9. The maximum absolute atomic E-state index is 8.94. The Bertz CT molecular complexity index is 392. The largest absolute Gasteiger partial charge is 0.395 e. The molecular weight excluding hydrogens is 274 g/mol. The third kappa shape index (κ3) is 4.49. The lowest BCUT2D eigenvalue weighted by molar-refractivity contribution is 0.0758. The van der Waals surface area contributed by atoms with Crippen molar-refractivity contribution in [1.29, 1.82) is 0 Å². The Morgan fingerprint density at radius 3 is 2.70 bits per heavy atom. The van der Waals surface area contributed by atoms with Crippen LogP contribution in [0.5, 0.6) is 0 Å². The quantitative estimate of drug-likeness (QED) is 0.823. The SMILES string of the molecule is CCOC(C)c1nc(CN2CCN(CCO)CC2)cs1. The zero-order chi connectivity index (χ0) is 14.4. The average Bonchev–Trinajstić information content (AvgIpc) is 2.90. The summed E-state index contributed by atoms with van der Waals surface area (Å²) in [4.78, 5) is 9.41. The van der Waals surface area contributed by atoms with Crippen molar-refractivity contribution in [2.45, 2.75) is 26.5 Å². The maximum atomic E-state index is 8.94. The van der Waals surface area contributed by atoms with E-state index < -0.39 is 0 Å².